The number of aromatic amines is 1. The molecular formula is C19H17N3O2. The fourth-order valence-corrected chi connectivity index (χ4v) is 3.43. The minimum atomic E-state index is -0.640. The van der Waals surface area contributed by atoms with E-state index in [4.69, 9.17) is 9.47 Å². The largest absolute Gasteiger partial charge is 0.493 e. The van der Waals surface area contributed by atoms with Gasteiger partial charge in [-0.25, -0.2) is 4.98 Å². The van der Waals surface area contributed by atoms with Crippen molar-refractivity contribution in [1.29, 1.82) is 5.26 Å². The lowest BCUT2D eigenvalue weighted by atomic mass is 9.98. The van der Waals surface area contributed by atoms with Crippen LogP contribution in [-0.4, -0.2) is 24.2 Å². The molecule has 2 atom stereocenters. The molecule has 120 valence electrons. The van der Waals surface area contributed by atoms with Crippen molar-refractivity contribution in [3.63, 3.8) is 0 Å². The number of benzene rings is 2. The summed E-state index contributed by atoms with van der Waals surface area (Å²) < 4.78 is 10.9. The maximum absolute atomic E-state index is 9.87. The molecule has 1 heterocycles. The summed E-state index contributed by atoms with van der Waals surface area (Å²) in [6.45, 7) is 0. The van der Waals surface area contributed by atoms with Gasteiger partial charge in [-0.2, -0.15) is 5.26 Å². The highest BCUT2D eigenvalue weighted by Gasteiger charge is 2.60. The first-order valence-electron chi connectivity index (χ1n) is 7.81. The summed E-state index contributed by atoms with van der Waals surface area (Å²) in [5.41, 5.74) is 2.17. The number of rotatable bonds is 4. The molecule has 1 aromatic heterocycles. The smallest absolute Gasteiger partial charge is 0.164 e. The van der Waals surface area contributed by atoms with Gasteiger partial charge in [0, 0.05) is 11.5 Å². The van der Waals surface area contributed by atoms with Crippen LogP contribution in [0.3, 0.4) is 0 Å². The van der Waals surface area contributed by atoms with Gasteiger partial charge in [0.25, 0.3) is 0 Å². The molecule has 0 aliphatic heterocycles. The van der Waals surface area contributed by atoms with E-state index in [9.17, 15) is 5.26 Å². The average molecular weight is 319 g/mol. The molecule has 1 fully saturated rings. The predicted octanol–water partition coefficient (Wildman–Crippen LogP) is 3.53. The van der Waals surface area contributed by atoms with Crippen LogP contribution in [0.2, 0.25) is 0 Å². The highest BCUT2D eigenvalue weighted by atomic mass is 16.5. The Labute approximate surface area is 139 Å². The van der Waals surface area contributed by atoms with Gasteiger partial charge in [0.05, 0.1) is 31.3 Å². The van der Waals surface area contributed by atoms with Gasteiger partial charge in [0.2, 0.25) is 0 Å². The van der Waals surface area contributed by atoms with Gasteiger partial charge in [-0.05, 0) is 24.6 Å². The number of fused-ring (bicyclic) bond motifs is 1. The molecule has 4 rings (SSSR count). The summed E-state index contributed by atoms with van der Waals surface area (Å²) in [7, 11) is 3.24. The normalized spacial score (nSPS) is 22.1. The Morgan fingerprint density at radius 1 is 1.17 bits per heavy atom. The second-order valence-electron chi connectivity index (χ2n) is 6.03. The van der Waals surface area contributed by atoms with Crippen LogP contribution in [0.1, 0.15) is 23.7 Å². The Bertz CT molecular complexity index is 924. The van der Waals surface area contributed by atoms with Crippen molar-refractivity contribution in [2.75, 3.05) is 14.2 Å². The number of nitriles is 1. The van der Waals surface area contributed by atoms with Gasteiger partial charge in [0.15, 0.2) is 11.5 Å². The first kappa shape index (κ1) is 14.6. The number of nitrogens with one attached hydrogen (secondary N) is 1. The van der Waals surface area contributed by atoms with Crippen molar-refractivity contribution in [3.05, 3.63) is 53.9 Å². The van der Waals surface area contributed by atoms with Gasteiger partial charge in [-0.15, -0.1) is 0 Å². The Morgan fingerprint density at radius 3 is 2.71 bits per heavy atom. The number of hydrogen-bond acceptors (Lipinski definition) is 4. The van der Waals surface area contributed by atoms with Crippen molar-refractivity contribution in [2.45, 2.75) is 17.8 Å². The minimum Gasteiger partial charge on any atom is -0.493 e. The Balaban J connectivity index is 1.79. The molecule has 1 aliphatic carbocycles. The zero-order chi connectivity index (χ0) is 16.7. The monoisotopic (exact) mass is 319 g/mol. The van der Waals surface area contributed by atoms with Crippen molar-refractivity contribution in [1.82, 2.24) is 9.97 Å². The number of ether oxygens (including phenoxy) is 2. The zero-order valence-corrected chi connectivity index (χ0v) is 13.5. The molecule has 0 saturated heterocycles. The number of H-pyrrole nitrogens is 1. The molecule has 2 aromatic carbocycles. The second-order valence-corrected chi connectivity index (χ2v) is 6.03. The standard InChI is InChI=1S/C19H17N3O2/c1-23-16-9-5-6-12(17(16)24-2)13-10-19(13,11-20)18-21-14-7-3-4-8-15(14)22-18/h3-9,13H,10H2,1-2H3,(H,21,22)/t13-,19+/m0/s1. The van der Waals surface area contributed by atoms with E-state index in [2.05, 4.69) is 16.0 Å². The molecule has 0 unspecified atom stereocenters. The van der Waals surface area contributed by atoms with E-state index in [-0.39, 0.29) is 5.92 Å². The molecular weight excluding hydrogens is 302 g/mol. The maximum atomic E-state index is 9.87. The molecule has 5 nitrogen and oxygen atoms in total. The molecule has 1 aliphatic rings. The van der Waals surface area contributed by atoms with Gasteiger partial charge in [0.1, 0.15) is 11.2 Å². The highest BCUT2D eigenvalue weighted by molar-refractivity contribution is 5.75. The topological polar surface area (TPSA) is 70.9 Å². The van der Waals surface area contributed by atoms with Crippen LogP contribution < -0.4 is 9.47 Å². The molecule has 3 aromatic rings. The number of nitrogens with zero attached hydrogens (tertiary/aromatic N) is 2. The van der Waals surface area contributed by atoms with E-state index in [1.807, 2.05) is 42.5 Å². The van der Waals surface area contributed by atoms with E-state index in [0.29, 0.717) is 17.9 Å². The van der Waals surface area contributed by atoms with Gasteiger partial charge in [-0.3, -0.25) is 0 Å². The number of hydrogen-bond donors (Lipinski definition) is 1. The van der Waals surface area contributed by atoms with E-state index < -0.39 is 5.41 Å². The number of aromatic nitrogens is 2. The first-order valence-corrected chi connectivity index (χ1v) is 7.81. The SMILES string of the molecule is COc1cccc([C@@H]2C[C@]2(C#N)c2nc3ccccc3[nH]2)c1OC. The third kappa shape index (κ3) is 1.96. The molecule has 0 spiro atoms. The summed E-state index contributed by atoms with van der Waals surface area (Å²) in [5.74, 6) is 2.13. The Morgan fingerprint density at radius 2 is 2.00 bits per heavy atom. The van der Waals surface area contributed by atoms with Crippen molar-refractivity contribution in [2.24, 2.45) is 0 Å². The summed E-state index contributed by atoms with van der Waals surface area (Å²) in [6, 6.07) is 16.1. The van der Waals surface area contributed by atoms with E-state index >= 15 is 0 Å². The number of imidazole rings is 1. The average Bonchev–Trinajstić information content (AvgIpc) is 3.22. The lowest BCUT2D eigenvalue weighted by molar-refractivity contribution is 0.351. The summed E-state index contributed by atoms with van der Waals surface area (Å²) in [6.07, 6.45) is 0.715. The lowest BCUT2D eigenvalue weighted by Crippen LogP contribution is -2.09. The van der Waals surface area contributed by atoms with Gasteiger partial charge < -0.3 is 14.5 Å². The van der Waals surface area contributed by atoms with Crippen LogP contribution in [0, 0.1) is 11.3 Å². The quantitative estimate of drug-likeness (QED) is 0.798. The third-order valence-corrected chi connectivity index (χ3v) is 4.78. The molecule has 0 amide bonds. The van der Waals surface area contributed by atoms with Crippen LogP contribution in [0.5, 0.6) is 11.5 Å². The fraction of sp³-hybridized carbons (Fsp3) is 0.263. The van der Waals surface area contributed by atoms with Crippen LogP contribution in [0.25, 0.3) is 11.0 Å². The summed E-state index contributed by atoms with van der Waals surface area (Å²) >= 11 is 0. The van der Waals surface area contributed by atoms with Crippen LogP contribution in [0.15, 0.2) is 42.5 Å². The van der Waals surface area contributed by atoms with Crippen molar-refractivity contribution >= 4 is 11.0 Å². The Hall–Kier alpha value is -3.00. The third-order valence-electron chi connectivity index (χ3n) is 4.78. The second kappa shape index (κ2) is 5.27. The molecule has 0 radical (unpaired) electrons. The maximum Gasteiger partial charge on any atom is 0.164 e. The molecule has 24 heavy (non-hydrogen) atoms. The molecule has 5 heteroatoms. The summed E-state index contributed by atoms with van der Waals surface area (Å²) in [5, 5.41) is 9.87. The van der Waals surface area contributed by atoms with Crippen molar-refractivity contribution < 1.29 is 9.47 Å². The molecule has 1 N–H and O–H groups in total. The van der Waals surface area contributed by atoms with Crippen molar-refractivity contribution in [3.8, 4) is 17.6 Å². The fourth-order valence-electron chi connectivity index (χ4n) is 3.43. The van der Waals surface area contributed by atoms with Crippen LogP contribution >= 0.6 is 0 Å². The zero-order valence-electron chi connectivity index (χ0n) is 13.5. The summed E-state index contributed by atoms with van der Waals surface area (Å²) in [4.78, 5) is 7.95. The van der Waals surface area contributed by atoms with E-state index in [1.165, 1.54) is 0 Å². The number of methoxy groups -OCH3 is 2. The van der Waals surface area contributed by atoms with E-state index in [1.54, 1.807) is 14.2 Å². The minimum absolute atomic E-state index is 0.0353. The van der Waals surface area contributed by atoms with Gasteiger partial charge in [-0.1, -0.05) is 24.3 Å². The van der Waals surface area contributed by atoms with Crippen LogP contribution in [-0.2, 0) is 5.41 Å². The number of para-hydroxylation sites is 3. The van der Waals surface area contributed by atoms with Gasteiger partial charge >= 0.3 is 0 Å². The molecule has 1 saturated carbocycles. The predicted molar refractivity (Wildman–Crippen MR) is 90.3 cm³/mol. The highest BCUT2D eigenvalue weighted by Crippen LogP contribution is 2.61. The molecule has 0 bridgehead atoms. The Kier molecular flexibility index (Phi) is 3.20. The lowest BCUT2D eigenvalue weighted by Gasteiger charge is -2.13. The first-order chi connectivity index (χ1) is 11.7. The van der Waals surface area contributed by atoms with E-state index in [0.717, 1.165) is 22.4 Å². The van der Waals surface area contributed by atoms with Crippen LogP contribution in [0.4, 0.5) is 0 Å².